The Morgan fingerprint density at radius 1 is 1.25 bits per heavy atom. The van der Waals surface area contributed by atoms with E-state index < -0.39 is 17.8 Å². The van der Waals surface area contributed by atoms with Crippen LogP contribution < -0.4 is 15.4 Å². The molecule has 3 rings (SSSR count). The Morgan fingerprint density at radius 2 is 2.11 bits per heavy atom. The number of ether oxygens (including phenoxy) is 1. The number of hydrogen-bond acceptors (Lipinski definition) is 5. The van der Waals surface area contributed by atoms with Gasteiger partial charge in [0, 0.05) is 24.4 Å². The number of carbonyl (C=O) groups excluding carboxylic acids is 2. The lowest BCUT2D eigenvalue weighted by Crippen LogP contribution is -2.44. The topological polar surface area (TPSA) is 93.5 Å². The summed E-state index contributed by atoms with van der Waals surface area (Å²) in [6, 6.07) is 9.86. The van der Waals surface area contributed by atoms with Crippen molar-refractivity contribution in [3.05, 3.63) is 78.1 Å². The van der Waals surface area contributed by atoms with E-state index in [9.17, 15) is 14.0 Å². The van der Waals surface area contributed by atoms with Crippen molar-refractivity contribution >= 4 is 11.8 Å². The number of rotatable bonds is 7. The van der Waals surface area contributed by atoms with E-state index in [1.807, 2.05) is 0 Å². The van der Waals surface area contributed by atoms with Crippen molar-refractivity contribution in [3.63, 3.8) is 0 Å². The van der Waals surface area contributed by atoms with Crippen LogP contribution in [0.25, 0.3) is 0 Å². The third-order valence-corrected chi connectivity index (χ3v) is 3.84. The number of amides is 2. The van der Waals surface area contributed by atoms with Crippen LogP contribution in [-0.4, -0.2) is 22.8 Å². The molecule has 1 aromatic carbocycles. The molecule has 28 heavy (non-hydrogen) atoms. The molecule has 0 radical (unpaired) electrons. The summed E-state index contributed by atoms with van der Waals surface area (Å²) in [6.45, 7) is 1.70. The SMILES string of the molecule is C[C@H](NC(=O)c1ccoc1)C(=O)NCc1cccnc1Oc1cccc(F)c1. The smallest absolute Gasteiger partial charge is 0.255 e. The number of pyridine rings is 1. The van der Waals surface area contributed by atoms with Crippen LogP contribution in [-0.2, 0) is 11.3 Å². The molecule has 0 spiro atoms. The molecule has 2 N–H and O–H groups in total. The van der Waals surface area contributed by atoms with Gasteiger partial charge in [-0.3, -0.25) is 9.59 Å². The highest BCUT2D eigenvalue weighted by molar-refractivity contribution is 5.97. The van der Waals surface area contributed by atoms with E-state index in [1.54, 1.807) is 25.1 Å². The van der Waals surface area contributed by atoms with Crippen molar-refractivity contribution in [1.82, 2.24) is 15.6 Å². The van der Waals surface area contributed by atoms with Gasteiger partial charge < -0.3 is 19.8 Å². The van der Waals surface area contributed by atoms with Gasteiger partial charge >= 0.3 is 0 Å². The van der Waals surface area contributed by atoms with E-state index in [0.717, 1.165) is 0 Å². The molecule has 144 valence electrons. The zero-order valence-corrected chi connectivity index (χ0v) is 15.0. The maximum absolute atomic E-state index is 13.3. The second-order valence-electron chi connectivity index (χ2n) is 5.95. The van der Waals surface area contributed by atoms with Crippen LogP contribution in [0.4, 0.5) is 4.39 Å². The van der Waals surface area contributed by atoms with Crippen molar-refractivity contribution in [2.24, 2.45) is 0 Å². The zero-order chi connectivity index (χ0) is 19.9. The molecule has 0 saturated heterocycles. The lowest BCUT2D eigenvalue weighted by Gasteiger charge is -2.15. The number of aromatic nitrogens is 1. The number of hydrogen-bond donors (Lipinski definition) is 2. The summed E-state index contributed by atoms with van der Waals surface area (Å²) >= 11 is 0. The Labute approximate surface area is 160 Å². The lowest BCUT2D eigenvalue weighted by atomic mass is 10.2. The minimum Gasteiger partial charge on any atom is -0.472 e. The Morgan fingerprint density at radius 3 is 2.86 bits per heavy atom. The zero-order valence-electron chi connectivity index (χ0n) is 15.0. The molecule has 1 atom stereocenters. The molecule has 0 saturated carbocycles. The number of halogens is 1. The summed E-state index contributed by atoms with van der Waals surface area (Å²) in [7, 11) is 0. The Hall–Kier alpha value is -3.68. The molecule has 2 amide bonds. The standard InChI is InChI=1S/C20H18FN3O4/c1-13(24-19(26)15-7-9-27-12-15)18(25)23-11-14-4-3-8-22-20(14)28-17-6-2-5-16(21)10-17/h2-10,12-13H,11H2,1H3,(H,23,25)(H,24,26)/t13-/m0/s1. The summed E-state index contributed by atoms with van der Waals surface area (Å²) in [5, 5.41) is 5.30. The first kappa shape index (κ1) is 19.1. The molecule has 3 aromatic rings. The van der Waals surface area contributed by atoms with Gasteiger partial charge in [0.25, 0.3) is 5.91 Å². The Bertz CT molecular complexity index is 960. The average molecular weight is 383 g/mol. The summed E-state index contributed by atoms with van der Waals surface area (Å²) in [6.07, 6.45) is 4.21. The summed E-state index contributed by atoms with van der Waals surface area (Å²) in [5.74, 6) is -0.661. The fourth-order valence-electron chi connectivity index (χ4n) is 2.37. The first-order valence-electron chi connectivity index (χ1n) is 8.51. The molecule has 0 fully saturated rings. The van der Waals surface area contributed by atoms with E-state index in [1.165, 1.54) is 43.0 Å². The van der Waals surface area contributed by atoms with Gasteiger partial charge in [-0.2, -0.15) is 0 Å². The molecule has 0 aliphatic carbocycles. The van der Waals surface area contributed by atoms with Crippen LogP contribution in [0.1, 0.15) is 22.8 Å². The molecule has 0 aliphatic heterocycles. The van der Waals surface area contributed by atoms with Crippen LogP contribution >= 0.6 is 0 Å². The first-order valence-corrected chi connectivity index (χ1v) is 8.51. The molecular weight excluding hydrogens is 365 g/mol. The lowest BCUT2D eigenvalue weighted by molar-refractivity contribution is -0.122. The van der Waals surface area contributed by atoms with Gasteiger partial charge in [-0.15, -0.1) is 0 Å². The number of nitrogens with zero attached hydrogens (tertiary/aromatic N) is 1. The van der Waals surface area contributed by atoms with Gasteiger partial charge in [0.1, 0.15) is 23.9 Å². The molecule has 8 heteroatoms. The number of carbonyl (C=O) groups is 2. The predicted molar refractivity (Wildman–Crippen MR) is 98.2 cm³/mol. The van der Waals surface area contributed by atoms with E-state index in [2.05, 4.69) is 15.6 Å². The number of benzene rings is 1. The maximum Gasteiger partial charge on any atom is 0.255 e. The summed E-state index contributed by atoms with van der Waals surface area (Å²) in [5.41, 5.74) is 0.936. The van der Waals surface area contributed by atoms with Crippen LogP contribution in [0, 0.1) is 5.82 Å². The fraction of sp³-hybridized carbons (Fsp3) is 0.150. The van der Waals surface area contributed by atoms with Crippen molar-refractivity contribution in [2.75, 3.05) is 0 Å². The van der Waals surface area contributed by atoms with Crippen LogP contribution in [0.15, 0.2) is 65.6 Å². The molecule has 0 bridgehead atoms. The van der Waals surface area contributed by atoms with Gasteiger partial charge in [-0.1, -0.05) is 12.1 Å². The molecule has 7 nitrogen and oxygen atoms in total. The largest absolute Gasteiger partial charge is 0.472 e. The number of nitrogens with one attached hydrogen (secondary N) is 2. The normalized spacial score (nSPS) is 11.5. The second-order valence-corrected chi connectivity index (χ2v) is 5.95. The summed E-state index contributed by atoms with van der Waals surface area (Å²) in [4.78, 5) is 28.4. The van der Waals surface area contributed by atoms with Gasteiger partial charge in [-0.05, 0) is 31.2 Å². The van der Waals surface area contributed by atoms with Crippen molar-refractivity contribution in [3.8, 4) is 11.6 Å². The average Bonchev–Trinajstić information content (AvgIpc) is 3.22. The highest BCUT2D eigenvalue weighted by Crippen LogP contribution is 2.23. The molecule has 0 aliphatic rings. The van der Waals surface area contributed by atoms with Crippen LogP contribution in [0.2, 0.25) is 0 Å². The fourth-order valence-corrected chi connectivity index (χ4v) is 2.37. The predicted octanol–water partition coefficient (Wildman–Crippen LogP) is 3.04. The van der Waals surface area contributed by atoms with Gasteiger partial charge in [0.05, 0.1) is 11.8 Å². The van der Waals surface area contributed by atoms with Gasteiger partial charge in [0.2, 0.25) is 11.8 Å². The highest BCUT2D eigenvalue weighted by Gasteiger charge is 2.17. The van der Waals surface area contributed by atoms with Crippen molar-refractivity contribution < 1.29 is 23.1 Å². The second kappa shape index (κ2) is 8.81. The molecule has 2 aromatic heterocycles. The van der Waals surface area contributed by atoms with Crippen molar-refractivity contribution in [1.29, 1.82) is 0 Å². The molecule has 0 unspecified atom stereocenters. The Kier molecular flexibility index (Phi) is 6.01. The van der Waals surface area contributed by atoms with E-state index in [-0.39, 0.29) is 18.3 Å². The van der Waals surface area contributed by atoms with E-state index >= 15 is 0 Å². The molecule has 2 heterocycles. The monoisotopic (exact) mass is 383 g/mol. The van der Waals surface area contributed by atoms with Crippen LogP contribution in [0.5, 0.6) is 11.6 Å². The van der Waals surface area contributed by atoms with Crippen molar-refractivity contribution in [2.45, 2.75) is 19.5 Å². The minimum atomic E-state index is -0.758. The number of furan rings is 1. The molecular formula is C20H18FN3O4. The first-order chi connectivity index (χ1) is 13.5. The third kappa shape index (κ3) is 4.94. The van der Waals surface area contributed by atoms with E-state index in [0.29, 0.717) is 16.9 Å². The van der Waals surface area contributed by atoms with Crippen LogP contribution in [0.3, 0.4) is 0 Å². The summed E-state index contributed by atoms with van der Waals surface area (Å²) < 4.78 is 23.8. The quantitative estimate of drug-likeness (QED) is 0.654. The third-order valence-electron chi connectivity index (χ3n) is 3.84. The Balaban J connectivity index is 1.59. The van der Waals surface area contributed by atoms with E-state index in [4.69, 9.17) is 9.15 Å². The maximum atomic E-state index is 13.3. The highest BCUT2D eigenvalue weighted by atomic mass is 19.1. The van der Waals surface area contributed by atoms with Gasteiger partial charge in [-0.25, -0.2) is 9.37 Å². The van der Waals surface area contributed by atoms with Gasteiger partial charge in [0.15, 0.2) is 0 Å². The minimum absolute atomic E-state index is 0.128.